The average molecular weight is 248 g/mol. The molecule has 2 aliphatic heterocycles. The van der Waals surface area contributed by atoms with Gasteiger partial charge in [-0.05, 0) is 51.8 Å². The van der Waals surface area contributed by atoms with Crippen LogP contribution in [0.15, 0.2) is 18.5 Å². The van der Waals surface area contributed by atoms with Gasteiger partial charge in [0.2, 0.25) is 0 Å². The normalized spacial score (nSPS) is 30.3. The van der Waals surface area contributed by atoms with Gasteiger partial charge >= 0.3 is 0 Å². The van der Waals surface area contributed by atoms with Crippen molar-refractivity contribution in [2.24, 2.45) is 0 Å². The van der Waals surface area contributed by atoms with Gasteiger partial charge < -0.3 is 10.2 Å². The van der Waals surface area contributed by atoms with E-state index >= 15 is 0 Å². The Morgan fingerprint density at radius 1 is 1.39 bits per heavy atom. The van der Waals surface area contributed by atoms with Crippen LogP contribution in [-0.2, 0) is 6.54 Å². The number of hydrogen-bond donors (Lipinski definition) is 1. The van der Waals surface area contributed by atoms with Crippen molar-refractivity contribution in [3.8, 4) is 0 Å². The smallest absolute Gasteiger partial charge is 0.0560 e. The molecule has 0 spiro atoms. The van der Waals surface area contributed by atoms with Crippen molar-refractivity contribution in [3.63, 3.8) is 0 Å². The fourth-order valence-electron chi connectivity index (χ4n) is 3.52. The van der Waals surface area contributed by atoms with Crippen molar-refractivity contribution in [2.45, 2.75) is 57.3 Å². The number of nitrogens with one attached hydrogen (secondary N) is 1. The summed E-state index contributed by atoms with van der Waals surface area (Å²) < 4.78 is 2.02. The molecule has 1 aromatic rings. The highest BCUT2D eigenvalue weighted by atomic mass is 15.3. The molecule has 100 valence electrons. The Labute approximate surface area is 109 Å². The van der Waals surface area contributed by atoms with Gasteiger partial charge in [-0.2, -0.15) is 5.10 Å². The van der Waals surface area contributed by atoms with E-state index < -0.39 is 0 Å². The molecule has 0 saturated carbocycles. The van der Waals surface area contributed by atoms with Crippen LogP contribution in [-0.4, -0.2) is 45.9 Å². The largest absolute Gasteiger partial charge is 0.310 e. The minimum Gasteiger partial charge on any atom is -0.310 e. The van der Waals surface area contributed by atoms with E-state index in [1.54, 1.807) is 0 Å². The van der Waals surface area contributed by atoms with Crippen molar-refractivity contribution >= 4 is 0 Å². The summed E-state index contributed by atoms with van der Waals surface area (Å²) in [4.78, 5) is 2.68. The lowest BCUT2D eigenvalue weighted by atomic mass is 9.97. The number of rotatable bonds is 4. The van der Waals surface area contributed by atoms with Crippen LogP contribution in [0.5, 0.6) is 0 Å². The third kappa shape index (κ3) is 2.75. The predicted molar refractivity (Wildman–Crippen MR) is 72.4 cm³/mol. The average Bonchev–Trinajstić information content (AvgIpc) is 2.98. The van der Waals surface area contributed by atoms with E-state index in [1.165, 1.54) is 38.8 Å². The van der Waals surface area contributed by atoms with Crippen molar-refractivity contribution in [1.29, 1.82) is 0 Å². The van der Waals surface area contributed by atoms with E-state index in [0.29, 0.717) is 12.1 Å². The third-order valence-electron chi connectivity index (χ3n) is 4.36. The van der Waals surface area contributed by atoms with E-state index in [1.807, 2.05) is 23.1 Å². The molecule has 3 atom stereocenters. The number of nitrogens with zero attached hydrogens (tertiary/aromatic N) is 3. The van der Waals surface area contributed by atoms with E-state index in [4.69, 9.17) is 0 Å². The van der Waals surface area contributed by atoms with E-state index in [9.17, 15) is 0 Å². The SMILES string of the molecule is CC(Cn1cccn1)NC1CCN2CCCC2C1. The van der Waals surface area contributed by atoms with Gasteiger partial charge in [-0.15, -0.1) is 0 Å². The van der Waals surface area contributed by atoms with Gasteiger partial charge in [0, 0.05) is 30.5 Å². The molecule has 3 rings (SSSR count). The molecule has 3 unspecified atom stereocenters. The minimum atomic E-state index is 0.503. The maximum atomic E-state index is 4.27. The second kappa shape index (κ2) is 5.41. The maximum Gasteiger partial charge on any atom is 0.0560 e. The molecule has 1 aromatic heterocycles. The molecule has 1 N–H and O–H groups in total. The minimum absolute atomic E-state index is 0.503. The van der Waals surface area contributed by atoms with Crippen molar-refractivity contribution in [1.82, 2.24) is 20.0 Å². The molecule has 2 fully saturated rings. The predicted octanol–water partition coefficient (Wildman–Crippen LogP) is 1.49. The van der Waals surface area contributed by atoms with Crippen LogP contribution in [0.2, 0.25) is 0 Å². The van der Waals surface area contributed by atoms with Gasteiger partial charge in [0.05, 0.1) is 6.54 Å². The monoisotopic (exact) mass is 248 g/mol. The van der Waals surface area contributed by atoms with Crippen LogP contribution < -0.4 is 5.32 Å². The summed E-state index contributed by atoms with van der Waals surface area (Å²) >= 11 is 0. The Morgan fingerprint density at radius 2 is 2.33 bits per heavy atom. The molecule has 2 aliphatic rings. The topological polar surface area (TPSA) is 33.1 Å². The highest BCUT2D eigenvalue weighted by Crippen LogP contribution is 2.26. The molecular formula is C14H24N4. The van der Waals surface area contributed by atoms with Crippen LogP contribution in [0.25, 0.3) is 0 Å². The first-order chi connectivity index (χ1) is 8.81. The van der Waals surface area contributed by atoms with Gasteiger partial charge in [0.1, 0.15) is 0 Å². The number of piperidine rings is 1. The third-order valence-corrected chi connectivity index (χ3v) is 4.36. The Kier molecular flexibility index (Phi) is 3.66. The first-order valence-electron chi connectivity index (χ1n) is 7.29. The van der Waals surface area contributed by atoms with Crippen molar-refractivity contribution in [3.05, 3.63) is 18.5 Å². The summed E-state index contributed by atoms with van der Waals surface area (Å²) in [5.74, 6) is 0. The molecule has 0 aliphatic carbocycles. The summed E-state index contributed by atoms with van der Waals surface area (Å²) in [6.45, 7) is 5.86. The number of aromatic nitrogens is 2. The van der Waals surface area contributed by atoms with Crippen molar-refractivity contribution < 1.29 is 0 Å². The molecule has 4 nitrogen and oxygen atoms in total. The molecule has 4 heteroatoms. The molecule has 2 saturated heterocycles. The summed E-state index contributed by atoms with van der Waals surface area (Å²) in [6.07, 6.45) is 9.34. The zero-order valence-electron chi connectivity index (χ0n) is 11.3. The molecular weight excluding hydrogens is 224 g/mol. The van der Waals surface area contributed by atoms with Gasteiger partial charge in [0.15, 0.2) is 0 Å². The molecule has 0 radical (unpaired) electrons. The Balaban J connectivity index is 1.47. The van der Waals surface area contributed by atoms with Crippen LogP contribution in [0, 0.1) is 0 Å². The molecule has 18 heavy (non-hydrogen) atoms. The second-order valence-corrected chi connectivity index (χ2v) is 5.85. The fourth-order valence-corrected chi connectivity index (χ4v) is 3.52. The number of fused-ring (bicyclic) bond motifs is 1. The quantitative estimate of drug-likeness (QED) is 0.876. The summed E-state index contributed by atoms with van der Waals surface area (Å²) in [5.41, 5.74) is 0. The van der Waals surface area contributed by atoms with Crippen molar-refractivity contribution in [2.75, 3.05) is 13.1 Å². The van der Waals surface area contributed by atoms with Crippen LogP contribution in [0.1, 0.15) is 32.6 Å². The second-order valence-electron chi connectivity index (χ2n) is 5.85. The highest BCUT2D eigenvalue weighted by Gasteiger charge is 2.31. The first-order valence-corrected chi connectivity index (χ1v) is 7.29. The standard InChI is InChI=1S/C14H24N4/c1-12(11-18-8-3-6-15-18)16-13-5-9-17-7-2-4-14(17)10-13/h3,6,8,12-14,16H,2,4-5,7,9-11H2,1H3. The van der Waals surface area contributed by atoms with E-state index in [2.05, 4.69) is 22.2 Å². The van der Waals surface area contributed by atoms with Gasteiger partial charge in [-0.1, -0.05) is 0 Å². The fraction of sp³-hybridized carbons (Fsp3) is 0.786. The van der Waals surface area contributed by atoms with Gasteiger partial charge in [0.25, 0.3) is 0 Å². The lowest BCUT2D eigenvalue weighted by Crippen LogP contribution is -2.48. The Morgan fingerprint density at radius 3 is 3.17 bits per heavy atom. The first kappa shape index (κ1) is 12.2. The lowest BCUT2D eigenvalue weighted by molar-refractivity contribution is 0.160. The molecule has 0 aromatic carbocycles. The van der Waals surface area contributed by atoms with E-state index in [-0.39, 0.29) is 0 Å². The van der Waals surface area contributed by atoms with Gasteiger partial charge in [-0.25, -0.2) is 0 Å². The van der Waals surface area contributed by atoms with Gasteiger partial charge in [-0.3, -0.25) is 4.68 Å². The maximum absolute atomic E-state index is 4.27. The van der Waals surface area contributed by atoms with Crippen LogP contribution in [0.4, 0.5) is 0 Å². The lowest BCUT2D eigenvalue weighted by Gasteiger charge is -2.36. The highest BCUT2D eigenvalue weighted by molar-refractivity contribution is 4.90. The van der Waals surface area contributed by atoms with Crippen LogP contribution >= 0.6 is 0 Å². The summed E-state index contributed by atoms with van der Waals surface area (Å²) in [5, 5.41) is 8.05. The zero-order chi connectivity index (χ0) is 12.4. The summed E-state index contributed by atoms with van der Waals surface area (Å²) in [7, 11) is 0. The molecule has 3 heterocycles. The molecule has 0 amide bonds. The summed E-state index contributed by atoms with van der Waals surface area (Å²) in [6, 6.07) is 4.05. The Hall–Kier alpha value is -0.870. The van der Waals surface area contributed by atoms with Crippen LogP contribution in [0.3, 0.4) is 0 Å². The number of hydrogen-bond acceptors (Lipinski definition) is 3. The Bertz CT molecular complexity index is 362. The molecule has 0 bridgehead atoms. The zero-order valence-corrected chi connectivity index (χ0v) is 11.3. The van der Waals surface area contributed by atoms with E-state index in [0.717, 1.165) is 12.6 Å².